The van der Waals surface area contributed by atoms with Crippen LogP contribution in [0.2, 0.25) is 0 Å². The van der Waals surface area contributed by atoms with Crippen molar-refractivity contribution in [3.05, 3.63) is 0 Å². The van der Waals surface area contributed by atoms with Crippen molar-refractivity contribution >= 4 is 5.91 Å². The van der Waals surface area contributed by atoms with E-state index in [1.165, 1.54) is 12.8 Å². The first kappa shape index (κ1) is 14.5. The molecule has 2 atom stereocenters. The first-order chi connectivity index (χ1) is 7.62. The number of nitrogens with two attached hydrogens (primary N) is 1. The molecule has 0 spiro atoms. The van der Waals surface area contributed by atoms with Gasteiger partial charge in [-0.1, -0.05) is 41.0 Å². The van der Waals surface area contributed by atoms with Crippen LogP contribution in [0.3, 0.4) is 0 Å². The molecule has 0 aromatic rings. The molecule has 17 heavy (non-hydrogen) atoms. The van der Waals surface area contributed by atoms with Crippen LogP contribution in [0, 0.1) is 10.8 Å². The summed E-state index contributed by atoms with van der Waals surface area (Å²) in [5, 5.41) is 3.12. The molecule has 3 heteroatoms. The van der Waals surface area contributed by atoms with Gasteiger partial charge in [0.05, 0.1) is 6.04 Å². The normalized spacial score (nSPS) is 26.4. The summed E-state index contributed by atoms with van der Waals surface area (Å²) in [4.78, 5) is 12.0. The van der Waals surface area contributed by atoms with Crippen molar-refractivity contribution in [2.75, 3.05) is 0 Å². The fraction of sp³-hybridized carbons (Fsp3) is 0.929. The summed E-state index contributed by atoms with van der Waals surface area (Å²) in [7, 11) is 0. The minimum absolute atomic E-state index is 0.000185. The minimum atomic E-state index is -0.424. The van der Waals surface area contributed by atoms with Crippen molar-refractivity contribution in [1.29, 1.82) is 0 Å². The smallest absolute Gasteiger partial charge is 0.237 e. The topological polar surface area (TPSA) is 55.1 Å². The van der Waals surface area contributed by atoms with Crippen LogP contribution in [0.1, 0.15) is 60.3 Å². The Morgan fingerprint density at radius 3 is 2.47 bits per heavy atom. The van der Waals surface area contributed by atoms with Crippen molar-refractivity contribution in [2.45, 2.75) is 72.4 Å². The summed E-state index contributed by atoms with van der Waals surface area (Å²) >= 11 is 0. The number of hydrogen-bond donors (Lipinski definition) is 2. The van der Waals surface area contributed by atoms with Crippen LogP contribution in [-0.2, 0) is 4.79 Å². The summed E-state index contributed by atoms with van der Waals surface area (Å²) in [5.74, 6) is 0.000185. The number of nitrogens with one attached hydrogen (secondary N) is 1. The summed E-state index contributed by atoms with van der Waals surface area (Å²) in [6.07, 6.45) is 4.61. The van der Waals surface area contributed by atoms with Gasteiger partial charge in [-0.05, 0) is 30.1 Å². The van der Waals surface area contributed by atoms with Crippen LogP contribution in [0.15, 0.2) is 0 Å². The highest BCUT2D eigenvalue weighted by molar-refractivity contribution is 5.82. The van der Waals surface area contributed by atoms with E-state index in [4.69, 9.17) is 5.73 Å². The van der Waals surface area contributed by atoms with E-state index in [1.54, 1.807) is 0 Å². The minimum Gasteiger partial charge on any atom is -0.352 e. The second kappa shape index (κ2) is 4.97. The largest absolute Gasteiger partial charge is 0.352 e. The Kier molecular flexibility index (Phi) is 4.23. The van der Waals surface area contributed by atoms with Crippen molar-refractivity contribution in [1.82, 2.24) is 5.32 Å². The molecule has 0 aromatic carbocycles. The Hall–Kier alpha value is -0.570. The van der Waals surface area contributed by atoms with Crippen LogP contribution < -0.4 is 11.1 Å². The first-order valence-electron chi connectivity index (χ1n) is 6.68. The van der Waals surface area contributed by atoms with Crippen LogP contribution in [0.4, 0.5) is 0 Å². The lowest BCUT2D eigenvalue weighted by molar-refractivity contribution is -0.125. The fourth-order valence-corrected chi connectivity index (χ4v) is 2.51. The van der Waals surface area contributed by atoms with Gasteiger partial charge in [0.2, 0.25) is 5.91 Å². The molecular formula is C14H28N2O. The van der Waals surface area contributed by atoms with Gasteiger partial charge in [0.1, 0.15) is 0 Å². The summed E-state index contributed by atoms with van der Waals surface area (Å²) in [5.41, 5.74) is 6.14. The summed E-state index contributed by atoms with van der Waals surface area (Å²) in [6, 6.07) is -0.118. The average molecular weight is 240 g/mol. The molecule has 100 valence electrons. The Bertz CT molecular complexity index is 278. The van der Waals surface area contributed by atoms with Gasteiger partial charge in [0.15, 0.2) is 0 Å². The Labute approximate surface area is 106 Å². The van der Waals surface area contributed by atoms with Crippen LogP contribution >= 0.6 is 0 Å². The molecule has 0 aliphatic heterocycles. The molecule has 0 heterocycles. The predicted molar refractivity (Wildman–Crippen MR) is 71.6 cm³/mol. The van der Waals surface area contributed by atoms with Crippen LogP contribution in [0.25, 0.3) is 0 Å². The Morgan fingerprint density at radius 1 is 1.41 bits per heavy atom. The second-order valence-electron chi connectivity index (χ2n) is 7.31. The summed E-state index contributed by atoms with van der Waals surface area (Å²) < 4.78 is 0. The third-order valence-corrected chi connectivity index (χ3v) is 3.77. The molecule has 1 aliphatic rings. The third-order valence-electron chi connectivity index (χ3n) is 3.77. The SMILES string of the molecule is CC1(C)CCCC(NC(=O)C(N)C(C)(C)C)C1. The van der Waals surface area contributed by atoms with Gasteiger partial charge >= 0.3 is 0 Å². The van der Waals surface area contributed by atoms with Gasteiger partial charge in [0, 0.05) is 6.04 Å². The lowest BCUT2D eigenvalue weighted by Crippen LogP contribution is -2.52. The van der Waals surface area contributed by atoms with E-state index in [-0.39, 0.29) is 11.3 Å². The maximum absolute atomic E-state index is 12.0. The molecule has 0 aromatic heterocycles. The number of amides is 1. The standard InChI is InChI=1S/C14H28N2O/c1-13(2,3)11(15)12(17)16-10-7-6-8-14(4,5)9-10/h10-11H,6-9,15H2,1-5H3,(H,16,17). The van der Waals surface area contributed by atoms with E-state index in [2.05, 4.69) is 19.2 Å². The van der Waals surface area contributed by atoms with Crippen LogP contribution in [-0.4, -0.2) is 18.0 Å². The Morgan fingerprint density at radius 2 is 2.00 bits per heavy atom. The third kappa shape index (κ3) is 4.30. The van der Waals surface area contributed by atoms with Gasteiger partial charge < -0.3 is 11.1 Å². The van der Waals surface area contributed by atoms with Gasteiger partial charge in [0.25, 0.3) is 0 Å². The maximum Gasteiger partial charge on any atom is 0.237 e. The van der Waals surface area contributed by atoms with E-state index in [1.807, 2.05) is 20.8 Å². The van der Waals surface area contributed by atoms with E-state index in [0.717, 1.165) is 12.8 Å². The number of rotatable bonds is 2. The number of carbonyl (C=O) groups excluding carboxylic acids is 1. The van der Waals surface area contributed by atoms with Crippen LogP contribution in [0.5, 0.6) is 0 Å². The van der Waals surface area contributed by atoms with E-state index >= 15 is 0 Å². The van der Waals surface area contributed by atoms with Gasteiger partial charge in [-0.15, -0.1) is 0 Å². The molecule has 1 aliphatic carbocycles. The van der Waals surface area contributed by atoms with Crippen molar-refractivity contribution in [3.63, 3.8) is 0 Å². The van der Waals surface area contributed by atoms with Crippen molar-refractivity contribution < 1.29 is 4.79 Å². The predicted octanol–water partition coefficient (Wildman–Crippen LogP) is 2.44. The number of hydrogen-bond acceptors (Lipinski definition) is 2. The Balaban J connectivity index is 2.52. The number of carbonyl (C=O) groups is 1. The van der Waals surface area contributed by atoms with Crippen molar-refractivity contribution in [3.8, 4) is 0 Å². The molecule has 1 amide bonds. The van der Waals surface area contributed by atoms with Gasteiger partial charge in [-0.2, -0.15) is 0 Å². The lowest BCUT2D eigenvalue weighted by Gasteiger charge is -2.37. The molecule has 0 bridgehead atoms. The summed E-state index contributed by atoms with van der Waals surface area (Å²) in [6.45, 7) is 10.6. The van der Waals surface area contributed by atoms with Crippen molar-refractivity contribution in [2.24, 2.45) is 16.6 Å². The molecule has 0 radical (unpaired) electrons. The highest BCUT2D eigenvalue weighted by Crippen LogP contribution is 2.35. The second-order valence-corrected chi connectivity index (χ2v) is 7.31. The average Bonchev–Trinajstić information content (AvgIpc) is 2.13. The highest BCUT2D eigenvalue weighted by atomic mass is 16.2. The maximum atomic E-state index is 12.0. The molecule has 2 unspecified atom stereocenters. The van der Waals surface area contributed by atoms with Gasteiger partial charge in [-0.25, -0.2) is 0 Å². The zero-order valence-electron chi connectivity index (χ0n) is 12.0. The van der Waals surface area contributed by atoms with E-state index in [0.29, 0.717) is 11.5 Å². The molecule has 3 nitrogen and oxygen atoms in total. The zero-order chi connectivity index (χ0) is 13.3. The fourth-order valence-electron chi connectivity index (χ4n) is 2.51. The van der Waals surface area contributed by atoms with Gasteiger partial charge in [-0.3, -0.25) is 4.79 Å². The molecule has 1 rings (SSSR count). The lowest BCUT2D eigenvalue weighted by atomic mass is 9.75. The van der Waals surface area contributed by atoms with E-state index < -0.39 is 6.04 Å². The molecular weight excluding hydrogens is 212 g/mol. The monoisotopic (exact) mass is 240 g/mol. The molecule has 1 fully saturated rings. The molecule has 1 saturated carbocycles. The highest BCUT2D eigenvalue weighted by Gasteiger charge is 2.32. The molecule has 3 N–H and O–H groups in total. The molecule has 0 saturated heterocycles. The zero-order valence-corrected chi connectivity index (χ0v) is 12.0. The quantitative estimate of drug-likeness (QED) is 0.779. The van der Waals surface area contributed by atoms with E-state index in [9.17, 15) is 4.79 Å². The first-order valence-corrected chi connectivity index (χ1v) is 6.68.